The van der Waals surface area contributed by atoms with Gasteiger partial charge in [0.1, 0.15) is 0 Å². The number of benzene rings is 1. The molecule has 0 saturated heterocycles. The van der Waals surface area contributed by atoms with Crippen LogP contribution in [0.3, 0.4) is 0 Å². The van der Waals surface area contributed by atoms with Gasteiger partial charge in [-0.2, -0.15) is 0 Å². The van der Waals surface area contributed by atoms with Crippen LogP contribution in [0, 0.1) is 0 Å². The Kier molecular flexibility index (Phi) is 12.7. The average molecular weight is 536 g/mol. The fourth-order valence-electron chi connectivity index (χ4n) is 4.47. The summed E-state index contributed by atoms with van der Waals surface area (Å²) in [6, 6.07) is 6.91. The van der Waals surface area contributed by atoms with Crippen LogP contribution in [0.5, 0.6) is 11.5 Å². The molecule has 0 unspecified atom stereocenters. The first-order chi connectivity index (χ1) is 14.6. The molecule has 1 aromatic carbocycles. The maximum atomic E-state index is 10.5. The Morgan fingerprint density at radius 1 is 0.903 bits per heavy atom. The van der Waals surface area contributed by atoms with Crippen molar-refractivity contribution in [2.24, 2.45) is 0 Å². The van der Waals surface area contributed by atoms with Gasteiger partial charge in [-0.3, -0.25) is 0 Å². The van der Waals surface area contributed by atoms with Crippen molar-refractivity contribution in [1.82, 2.24) is 0 Å². The minimum atomic E-state index is -2.41. The van der Waals surface area contributed by atoms with E-state index in [-0.39, 0.29) is 0 Å². The van der Waals surface area contributed by atoms with Crippen LogP contribution in [-0.4, -0.2) is 45.1 Å². The Balaban J connectivity index is 3.23. The standard InChI is InChI=1S/C25H48BrO3PSi/c1-7-11-18-30(26,19-12-8-2,20-13-9-3)25-22-23(27)15-16-24(25)28-17-14-21-31(5,6)29-10-4/h15-16,22,27H,7-14,17-21H2,1-6H3. The molecule has 0 heterocycles. The molecule has 1 aromatic rings. The van der Waals surface area contributed by atoms with Gasteiger partial charge >= 0.3 is 202 Å². The monoisotopic (exact) mass is 534 g/mol. The van der Waals surface area contributed by atoms with Crippen molar-refractivity contribution in [1.29, 1.82) is 0 Å². The zero-order valence-corrected chi connectivity index (χ0v) is 24.5. The Hall–Kier alpha value is -0.0931. The van der Waals surface area contributed by atoms with Gasteiger partial charge in [0.25, 0.3) is 0 Å². The Morgan fingerprint density at radius 2 is 1.45 bits per heavy atom. The predicted octanol–water partition coefficient (Wildman–Crippen LogP) is 8.29. The van der Waals surface area contributed by atoms with Gasteiger partial charge in [0.2, 0.25) is 0 Å². The second-order valence-electron chi connectivity index (χ2n) is 9.62. The summed E-state index contributed by atoms with van der Waals surface area (Å²) in [5, 5.41) is 9.32. The molecule has 0 amide bonds. The van der Waals surface area contributed by atoms with Crippen LogP contribution < -0.4 is 10.0 Å². The zero-order valence-electron chi connectivity index (χ0n) is 21.0. The molecule has 1 rings (SSSR count). The summed E-state index contributed by atoms with van der Waals surface area (Å²) >= 11 is 4.48. The molecule has 0 saturated carbocycles. The van der Waals surface area contributed by atoms with Crippen LogP contribution in [0.15, 0.2) is 18.2 Å². The van der Waals surface area contributed by atoms with E-state index >= 15 is 0 Å². The van der Waals surface area contributed by atoms with Crippen LogP contribution in [0.1, 0.15) is 72.6 Å². The number of rotatable bonds is 17. The van der Waals surface area contributed by atoms with Gasteiger partial charge in [-0.1, -0.05) is 0 Å². The van der Waals surface area contributed by atoms with Crippen molar-refractivity contribution in [3.63, 3.8) is 0 Å². The van der Waals surface area contributed by atoms with Crippen LogP contribution >= 0.6 is 20.8 Å². The van der Waals surface area contributed by atoms with Gasteiger partial charge in [-0.25, -0.2) is 0 Å². The van der Waals surface area contributed by atoms with Crippen LogP contribution in [-0.2, 0) is 4.43 Å². The van der Waals surface area contributed by atoms with Crippen molar-refractivity contribution >= 4 is 34.4 Å². The SMILES string of the molecule is CCCCP(Br)(CCCC)(CCCC)c1cc(O)ccc1OCCC[Si](C)(C)OCC. The number of hydrogen-bond donors (Lipinski definition) is 1. The van der Waals surface area contributed by atoms with Crippen molar-refractivity contribution in [2.75, 3.05) is 31.7 Å². The van der Waals surface area contributed by atoms with Gasteiger partial charge in [-0.05, 0) is 0 Å². The van der Waals surface area contributed by atoms with Crippen molar-refractivity contribution in [3.8, 4) is 11.5 Å². The fourth-order valence-corrected chi connectivity index (χ4v) is 15.1. The molecule has 0 radical (unpaired) electrons. The summed E-state index contributed by atoms with van der Waals surface area (Å²) in [6.45, 7) is 15.0. The molecule has 3 nitrogen and oxygen atoms in total. The van der Waals surface area contributed by atoms with Crippen LogP contribution in [0.4, 0.5) is 0 Å². The Labute approximate surface area is 201 Å². The van der Waals surface area contributed by atoms with E-state index in [1.807, 2.05) is 12.1 Å². The molecular weight excluding hydrogens is 487 g/mol. The Bertz CT molecular complexity index is 629. The van der Waals surface area contributed by atoms with Gasteiger partial charge in [-0.15, -0.1) is 0 Å². The number of hydrogen-bond acceptors (Lipinski definition) is 3. The summed E-state index contributed by atoms with van der Waals surface area (Å²) in [6.07, 6.45) is 11.8. The van der Waals surface area contributed by atoms with Crippen LogP contribution in [0.2, 0.25) is 19.1 Å². The van der Waals surface area contributed by atoms with E-state index in [4.69, 9.17) is 9.16 Å². The molecule has 0 aliphatic heterocycles. The van der Waals surface area contributed by atoms with Gasteiger partial charge in [0, 0.05) is 0 Å². The number of phenolic OH excluding ortho intramolecular Hbond substituents is 1. The third kappa shape index (κ3) is 8.99. The quantitative estimate of drug-likeness (QED) is 0.124. The second-order valence-corrected chi connectivity index (χ2v) is 24.5. The molecule has 0 atom stereocenters. The number of aromatic hydroxyl groups is 1. The maximum absolute atomic E-state index is 10.5. The number of halogens is 1. The van der Waals surface area contributed by atoms with E-state index in [2.05, 4.69) is 56.3 Å². The van der Waals surface area contributed by atoms with E-state index in [0.717, 1.165) is 24.8 Å². The summed E-state index contributed by atoms with van der Waals surface area (Å²) in [5.41, 5.74) is 0. The Morgan fingerprint density at radius 3 is 1.94 bits per heavy atom. The predicted molar refractivity (Wildman–Crippen MR) is 147 cm³/mol. The number of unbranched alkanes of at least 4 members (excludes halogenated alkanes) is 3. The molecule has 0 aromatic heterocycles. The normalized spacial score (nSPS) is 13.7. The first-order valence-electron chi connectivity index (χ1n) is 12.5. The van der Waals surface area contributed by atoms with E-state index in [0.29, 0.717) is 12.4 Å². The molecule has 31 heavy (non-hydrogen) atoms. The molecule has 1 N–H and O–H groups in total. The summed E-state index contributed by atoms with van der Waals surface area (Å²) in [7, 11) is -1.59. The van der Waals surface area contributed by atoms with E-state index in [1.165, 1.54) is 62.3 Å². The van der Waals surface area contributed by atoms with Crippen molar-refractivity contribution < 1.29 is 14.3 Å². The second kappa shape index (κ2) is 13.6. The third-order valence-electron chi connectivity index (χ3n) is 6.33. The number of phenols is 1. The van der Waals surface area contributed by atoms with E-state index in [9.17, 15) is 5.11 Å². The van der Waals surface area contributed by atoms with Crippen molar-refractivity contribution in [2.45, 2.75) is 91.8 Å². The van der Waals surface area contributed by atoms with Gasteiger partial charge in [0.15, 0.2) is 0 Å². The first kappa shape index (κ1) is 28.9. The minimum absolute atomic E-state index is 0.352. The van der Waals surface area contributed by atoms with E-state index in [1.54, 1.807) is 6.07 Å². The fraction of sp³-hybridized carbons (Fsp3) is 0.760. The average Bonchev–Trinajstić information content (AvgIpc) is 2.73. The third-order valence-corrected chi connectivity index (χ3v) is 18.9. The van der Waals surface area contributed by atoms with E-state index < -0.39 is 13.6 Å². The molecule has 182 valence electrons. The first-order valence-corrected chi connectivity index (χ1v) is 20.4. The van der Waals surface area contributed by atoms with Gasteiger partial charge in [0.05, 0.1) is 0 Å². The zero-order chi connectivity index (χ0) is 23.4. The summed E-state index contributed by atoms with van der Waals surface area (Å²) < 4.78 is 12.4. The molecule has 0 aliphatic rings. The van der Waals surface area contributed by atoms with Crippen LogP contribution in [0.25, 0.3) is 0 Å². The van der Waals surface area contributed by atoms with Gasteiger partial charge < -0.3 is 0 Å². The molecule has 0 fully saturated rings. The summed E-state index contributed by atoms with van der Waals surface area (Å²) in [4.78, 5) is 0. The molecule has 0 bridgehead atoms. The molecular formula is C25H48BrO3PSi. The summed E-state index contributed by atoms with van der Waals surface area (Å²) in [5.74, 6) is 1.33. The van der Waals surface area contributed by atoms with Crippen molar-refractivity contribution in [3.05, 3.63) is 18.2 Å². The molecule has 0 spiro atoms. The molecule has 0 aliphatic carbocycles. The molecule has 6 heteroatoms. The number of ether oxygens (including phenoxy) is 1. The topological polar surface area (TPSA) is 38.7 Å².